The van der Waals surface area contributed by atoms with Crippen molar-refractivity contribution in [2.24, 2.45) is 5.92 Å². The van der Waals surface area contributed by atoms with Gasteiger partial charge in [-0.05, 0) is 36.6 Å². The molecule has 0 spiro atoms. The van der Waals surface area contributed by atoms with E-state index in [4.69, 9.17) is 4.42 Å². The number of fused-ring (bicyclic) bond motifs is 1. The van der Waals surface area contributed by atoms with E-state index in [1.165, 1.54) is 11.8 Å². The Hall–Kier alpha value is -2.87. The van der Waals surface area contributed by atoms with Gasteiger partial charge in [-0.2, -0.15) is 0 Å². The number of hydrogen-bond donors (Lipinski definition) is 0. The Bertz CT molecular complexity index is 1160. The first-order valence-electron chi connectivity index (χ1n) is 9.10. The Balaban J connectivity index is 1.62. The number of nitrogens with zero attached hydrogens (tertiary/aromatic N) is 5. The summed E-state index contributed by atoms with van der Waals surface area (Å²) in [5.74, 6) is 2.37. The number of aromatic nitrogens is 5. The number of rotatable bonds is 6. The van der Waals surface area contributed by atoms with Gasteiger partial charge in [0.1, 0.15) is 5.65 Å². The molecule has 0 saturated heterocycles. The molecule has 0 aliphatic rings. The van der Waals surface area contributed by atoms with Crippen LogP contribution in [0, 0.1) is 12.8 Å². The lowest BCUT2D eigenvalue weighted by Crippen LogP contribution is -2.15. The molecule has 0 aromatic carbocycles. The third kappa shape index (κ3) is 3.73. The maximum Gasteiger partial charge on any atom is 0.258 e. The predicted octanol–water partition coefficient (Wildman–Crippen LogP) is 3.80. The van der Waals surface area contributed by atoms with Crippen LogP contribution in [-0.4, -0.2) is 24.1 Å². The summed E-state index contributed by atoms with van der Waals surface area (Å²) < 4.78 is 9.13. The zero-order chi connectivity index (χ0) is 19.7. The quantitative estimate of drug-likeness (QED) is 0.462. The van der Waals surface area contributed by atoms with Gasteiger partial charge in [0, 0.05) is 24.6 Å². The van der Waals surface area contributed by atoms with Crippen LogP contribution < -0.4 is 5.56 Å². The topological polar surface area (TPSA) is 78.2 Å². The average molecular weight is 395 g/mol. The summed E-state index contributed by atoms with van der Waals surface area (Å²) in [6.07, 6.45) is 3.43. The normalized spacial score (nSPS) is 11.6. The molecule has 0 amide bonds. The van der Waals surface area contributed by atoms with E-state index in [0.29, 0.717) is 28.9 Å². The van der Waals surface area contributed by atoms with Crippen molar-refractivity contribution in [1.29, 1.82) is 0 Å². The van der Waals surface area contributed by atoms with Crippen LogP contribution in [0.4, 0.5) is 0 Å². The summed E-state index contributed by atoms with van der Waals surface area (Å²) in [5.41, 5.74) is 2.31. The largest absolute Gasteiger partial charge is 0.461 e. The van der Waals surface area contributed by atoms with Crippen LogP contribution in [0.2, 0.25) is 0 Å². The van der Waals surface area contributed by atoms with Crippen molar-refractivity contribution in [3.63, 3.8) is 0 Å². The fourth-order valence-electron chi connectivity index (χ4n) is 2.98. The van der Waals surface area contributed by atoms with Crippen molar-refractivity contribution < 1.29 is 4.42 Å². The SMILES string of the molecule is Cc1ccc2nc(CSc3nnc(-c4ccco4)n3CC(C)C)cc(=O)n2c1. The van der Waals surface area contributed by atoms with Gasteiger partial charge in [0.25, 0.3) is 5.56 Å². The highest BCUT2D eigenvalue weighted by Gasteiger charge is 2.17. The molecule has 7 nitrogen and oxygen atoms in total. The van der Waals surface area contributed by atoms with Crippen LogP contribution in [0.25, 0.3) is 17.2 Å². The monoisotopic (exact) mass is 395 g/mol. The van der Waals surface area contributed by atoms with E-state index in [1.807, 2.05) is 31.2 Å². The van der Waals surface area contributed by atoms with E-state index in [9.17, 15) is 4.79 Å². The summed E-state index contributed by atoms with van der Waals surface area (Å²) in [5, 5.41) is 9.44. The maximum absolute atomic E-state index is 12.4. The molecular weight excluding hydrogens is 374 g/mol. The Morgan fingerprint density at radius 3 is 2.82 bits per heavy atom. The first-order valence-corrected chi connectivity index (χ1v) is 10.1. The molecule has 0 atom stereocenters. The zero-order valence-electron chi connectivity index (χ0n) is 16.0. The Morgan fingerprint density at radius 1 is 1.21 bits per heavy atom. The van der Waals surface area contributed by atoms with Crippen molar-refractivity contribution in [3.05, 3.63) is 64.4 Å². The van der Waals surface area contributed by atoms with E-state index in [0.717, 1.165) is 23.0 Å². The molecule has 0 aliphatic carbocycles. The van der Waals surface area contributed by atoms with Gasteiger partial charge in [-0.25, -0.2) is 4.98 Å². The van der Waals surface area contributed by atoms with Gasteiger partial charge in [-0.15, -0.1) is 10.2 Å². The molecule has 28 heavy (non-hydrogen) atoms. The highest BCUT2D eigenvalue weighted by Crippen LogP contribution is 2.27. The Kier molecular flexibility index (Phi) is 5.04. The molecule has 0 saturated carbocycles. The van der Waals surface area contributed by atoms with Crippen LogP contribution in [0.3, 0.4) is 0 Å². The van der Waals surface area contributed by atoms with Crippen molar-refractivity contribution in [2.45, 2.75) is 38.2 Å². The minimum Gasteiger partial charge on any atom is -0.461 e. The van der Waals surface area contributed by atoms with Crippen LogP contribution in [0.5, 0.6) is 0 Å². The highest BCUT2D eigenvalue weighted by atomic mass is 32.2. The van der Waals surface area contributed by atoms with Crippen molar-refractivity contribution in [2.75, 3.05) is 0 Å². The minimum atomic E-state index is -0.0794. The number of aryl methyl sites for hydroxylation is 1. The van der Waals surface area contributed by atoms with E-state index in [1.54, 1.807) is 22.9 Å². The van der Waals surface area contributed by atoms with Gasteiger partial charge in [0.05, 0.1) is 12.0 Å². The molecule has 0 aliphatic heterocycles. The minimum absolute atomic E-state index is 0.0794. The summed E-state index contributed by atoms with van der Waals surface area (Å²) in [4.78, 5) is 17.0. The second kappa shape index (κ2) is 7.63. The molecule has 144 valence electrons. The number of furan rings is 1. The molecule has 0 fully saturated rings. The molecule has 0 bridgehead atoms. The van der Waals surface area contributed by atoms with Crippen molar-refractivity contribution in [1.82, 2.24) is 24.1 Å². The van der Waals surface area contributed by atoms with Crippen LogP contribution in [-0.2, 0) is 12.3 Å². The van der Waals surface area contributed by atoms with E-state index in [2.05, 4.69) is 33.6 Å². The van der Waals surface area contributed by atoms with Crippen molar-refractivity contribution in [3.8, 4) is 11.6 Å². The first kappa shape index (κ1) is 18.5. The lowest BCUT2D eigenvalue weighted by molar-refractivity contribution is 0.489. The standard InChI is InChI=1S/C20H21N5O2S/c1-13(2)10-25-19(16-5-4-8-27-16)22-23-20(25)28-12-15-9-18(26)24-11-14(3)6-7-17(24)21-15/h4-9,11,13H,10,12H2,1-3H3. The molecule has 0 unspecified atom stereocenters. The molecule has 4 heterocycles. The predicted molar refractivity (Wildman–Crippen MR) is 108 cm³/mol. The fraction of sp³-hybridized carbons (Fsp3) is 0.300. The maximum atomic E-state index is 12.4. The van der Waals surface area contributed by atoms with Crippen LogP contribution in [0.1, 0.15) is 25.1 Å². The van der Waals surface area contributed by atoms with Crippen LogP contribution >= 0.6 is 11.8 Å². The second-order valence-corrected chi connectivity index (χ2v) is 8.04. The van der Waals surface area contributed by atoms with E-state index in [-0.39, 0.29) is 5.56 Å². The molecule has 0 radical (unpaired) electrons. The van der Waals surface area contributed by atoms with E-state index >= 15 is 0 Å². The highest BCUT2D eigenvalue weighted by molar-refractivity contribution is 7.98. The molecule has 8 heteroatoms. The van der Waals surface area contributed by atoms with Gasteiger partial charge >= 0.3 is 0 Å². The molecule has 0 N–H and O–H groups in total. The lowest BCUT2D eigenvalue weighted by atomic mass is 10.2. The molecule has 4 aromatic heterocycles. The fourth-order valence-corrected chi connectivity index (χ4v) is 3.82. The molecular formula is C20H21N5O2S. The Morgan fingerprint density at radius 2 is 2.07 bits per heavy atom. The smallest absolute Gasteiger partial charge is 0.258 e. The van der Waals surface area contributed by atoms with Gasteiger partial charge in [0.15, 0.2) is 16.7 Å². The number of hydrogen-bond acceptors (Lipinski definition) is 6. The average Bonchev–Trinajstić information content (AvgIpc) is 3.30. The summed E-state index contributed by atoms with van der Waals surface area (Å²) in [6, 6.07) is 9.11. The lowest BCUT2D eigenvalue weighted by Gasteiger charge is -2.11. The zero-order valence-corrected chi connectivity index (χ0v) is 16.8. The van der Waals surface area contributed by atoms with Crippen molar-refractivity contribution >= 4 is 17.4 Å². The third-order valence-electron chi connectivity index (χ3n) is 4.22. The summed E-state index contributed by atoms with van der Waals surface area (Å²) in [7, 11) is 0. The van der Waals surface area contributed by atoms with Gasteiger partial charge in [-0.3, -0.25) is 13.8 Å². The molecule has 4 aromatic rings. The first-order chi connectivity index (χ1) is 13.5. The number of thioether (sulfide) groups is 1. The van der Waals surface area contributed by atoms with E-state index < -0.39 is 0 Å². The number of pyridine rings is 1. The Labute approximate surface area is 166 Å². The van der Waals surface area contributed by atoms with Gasteiger partial charge < -0.3 is 4.42 Å². The van der Waals surface area contributed by atoms with Gasteiger partial charge in [-0.1, -0.05) is 31.7 Å². The van der Waals surface area contributed by atoms with Gasteiger partial charge in [0.2, 0.25) is 0 Å². The third-order valence-corrected chi connectivity index (χ3v) is 5.22. The summed E-state index contributed by atoms with van der Waals surface area (Å²) >= 11 is 1.52. The second-order valence-electron chi connectivity index (χ2n) is 7.10. The summed E-state index contributed by atoms with van der Waals surface area (Å²) in [6.45, 7) is 7.02. The van der Waals surface area contributed by atoms with Crippen LogP contribution in [0.15, 0.2) is 57.2 Å². The molecule has 4 rings (SSSR count).